The zero-order valence-electron chi connectivity index (χ0n) is 18.8. The van der Waals surface area contributed by atoms with Crippen LogP contribution in [-0.2, 0) is 14.8 Å². The van der Waals surface area contributed by atoms with E-state index in [2.05, 4.69) is 29.3 Å². The van der Waals surface area contributed by atoms with Crippen LogP contribution >= 0.6 is 0 Å². The van der Waals surface area contributed by atoms with Crippen LogP contribution in [0.25, 0.3) is 0 Å². The van der Waals surface area contributed by atoms with Crippen molar-refractivity contribution in [3.8, 4) is 0 Å². The number of benzene rings is 2. The summed E-state index contributed by atoms with van der Waals surface area (Å²) in [6.45, 7) is 7.99. The van der Waals surface area contributed by atoms with Crippen LogP contribution in [0.4, 0.5) is 11.4 Å². The molecule has 1 aliphatic rings. The molecule has 0 aliphatic carbocycles. The average Bonchev–Trinajstić information content (AvgIpc) is 2.71. The number of hydrogen-bond acceptors (Lipinski definition) is 4. The van der Waals surface area contributed by atoms with Gasteiger partial charge in [0.2, 0.25) is 15.9 Å². The average molecular weight is 444 g/mol. The predicted molar refractivity (Wildman–Crippen MR) is 127 cm³/mol. The number of aryl methyl sites for hydroxylation is 1. The number of carbonyl (C=O) groups excluding carboxylic acids is 1. The molecular weight excluding hydrogens is 410 g/mol. The minimum atomic E-state index is -3.59. The summed E-state index contributed by atoms with van der Waals surface area (Å²) in [5, 5.41) is 2.93. The van der Waals surface area contributed by atoms with Gasteiger partial charge in [0, 0.05) is 18.8 Å². The molecule has 0 bridgehead atoms. The van der Waals surface area contributed by atoms with Crippen LogP contribution < -0.4 is 14.5 Å². The van der Waals surface area contributed by atoms with Crippen LogP contribution in [0.2, 0.25) is 0 Å². The largest absolute Gasteiger partial charge is 0.371 e. The molecule has 0 aromatic heterocycles. The van der Waals surface area contributed by atoms with Gasteiger partial charge in [0.1, 0.15) is 6.54 Å². The van der Waals surface area contributed by atoms with E-state index in [4.69, 9.17) is 0 Å². The minimum absolute atomic E-state index is 0.222. The summed E-state index contributed by atoms with van der Waals surface area (Å²) in [5.41, 5.74) is 3.62. The molecule has 0 unspecified atom stereocenters. The summed E-state index contributed by atoms with van der Waals surface area (Å²) >= 11 is 0. The molecular formula is C24H33N3O3S. The highest BCUT2D eigenvalue weighted by Crippen LogP contribution is 2.25. The molecule has 1 N–H and O–H groups in total. The number of rotatable bonds is 7. The number of amides is 1. The molecule has 2 aromatic rings. The molecule has 1 amide bonds. The van der Waals surface area contributed by atoms with Gasteiger partial charge in [-0.15, -0.1) is 0 Å². The normalized spacial score (nSPS) is 17.8. The summed E-state index contributed by atoms with van der Waals surface area (Å²) in [7, 11) is -3.59. The zero-order valence-corrected chi connectivity index (χ0v) is 19.7. The van der Waals surface area contributed by atoms with Crippen molar-refractivity contribution in [3.63, 3.8) is 0 Å². The van der Waals surface area contributed by atoms with E-state index in [1.54, 1.807) is 18.2 Å². The van der Waals surface area contributed by atoms with Crippen LogP contribution in [0.15, 0.2) is 48.5 Å². The standard InChI is InChI=1S/C24H33N3O3S/c1-18-7-5-9-23(15-18)27(31(4,29)30)17-24(28)25-20(3)21-10-12-22(13-11-21)26-14-6-8-19(2)16-26/h5,7,9-13,15,19-20H,6,8,14,16-17H2,1-4H3,(H,25,28)/t19-,20+/m1/s1. The van der Waals surface area contributed by atoms with Gasteiger partial charge < -0.3 is 10.2 Å². The van der Waals surface area contributed by atoms with E-state index in [9.17, 15) is 13.2 Å². The second-order valence-electron chi connectivity index (χ2n) is 8.68. The lowest BCUT2D eigenvalue weighted by Gasteiger charge is -2.33. The van der Waals surface area contributed by atoms with Crippen LogP contribution in [0.5, 0.6) is 0 Å². The van der Waals surface area contributed by atoms with Crippen LogP contribution in [0, 0.1) is 12.8 Å². The van der Waals surface area contributed by atoms with Gasteiger partial charge in [-0.3, -0.25) is 9.10 Å². The van der Waals surface area contributed by atoms with Crippen molar-refractivity contribution in [3.05, 3.63) is 59.7 Å². The van der Waals surface area contributed by atoms with E-state index in [0.29, 0.717) is 11.6 Å². The summed E-state index contributed by atoms with van der Waals surface area (Å²) < 4.78 is 25.7. The van der Waals surface area contributed by atoms with Crippen molar-refractivity contribution < 1.29 is 13.2 Å². The Hall–Kier alpha value is -2.54. The Bertz CT molecular complexity index is 1000. The smallest absolute Gasteiger partial charge is 0.241 e. The van der Waals surface area contributed by atoms with Crippen molar-refractivity contribution in [1.82, 2.24) is 5.32 Å². The van der Waals surface area contributed by atoms with E-state index >= 15 is 0 Å². The molecule has 1 heterocycles. The first-order valence-electron chi connectivity index (χ1n) is 10.8. The molecule has 2 aromatic carbocycles. The number of nitrogens with zero attached hydrogens (tertiary/aromatic N) is 2. The van der Waals surface area contributed by atoms with Crippen molar-refractivity contribution in [2.24, 2.45) is 5.92 Å². The maximum atomic E-state index is 12.7. The van der Waals surface area contributed by atoms with E-state index in [0.717, 1.165) is 34.8 Å². The third kappa shape index (κ3) is 6.23. The Morgan fingerprint density at radius 2 is 1.94 bits per heavy atom. The number of nitrogens with one attached hydrogen (secondary N) is 1. The fourth-order valence-electron chi connectivity index (χ4n) is 4.08. The highest BCUT2D eigenvalue weighted by molar-refractivity contribution is 7.92. The second-order valence-corrected chi connectivity index (χ2v) is 10.6. The number of hydrogen-bond donors (Lipinski definition) is 1. The first-order chi connectivity index (χ1) is 14.6. The van der Waals surface area contributed by atoms with E-state index in [-0.39, 0.29) is 18.5 Å². The van der Waals surface area contributed by atoms with Gasteiger partial charge in [-0.25, -0.2) is 8.42 Å². The number of sulfonamides is 1. The molecule has 6 nitrogen and oxygen atoms in total. The number of anilines is 2. The van der Waals surface area contributed by atoms with Crippen molar-refractivity contribution in [2.45, 2.75) is 39.7 Å². The molecule has 0 radical (unpaired) electrons. The van der Waals surface area contributed by atoms with E-state index < -0.39 is 10.0 Å². The molecule has 1 saturated heterocycles. The van der Waals surface area contributed by atoms with Gasteiger partial charge in [0.05, 0.1) is 18.0 Å². The van der Waals surface area contributed by atoms with Crippen molar-refractivity contribution >= 4 is 27.3 Å². The van der Waals surface area contributed by atoms with Crippen molar-refractivity contribution in [1.29, 1.82) is 0 Å². The molecule has 0 spiro atoms. The van der Waals surface area contributed by atoms with E-state index in [1.165, 1.54) is 18.5 Å². The van der Waals surface area contributed by atoms with Gasteiger partial charge >= 0.3 is 0 Å². The second kappa shape index (κ2) is 9.73. The third-order valence-electron chi connectivity index (χ3n) is 5.77. The molecule has 1 fully saturated rings. The fourth-order valence-corrected chi connectivity index (χ4v) is 4.93. The molecule has 2 atom stereocenters. The predicted octanol–water partition coefficient (Wildman–Crippen LogP) is 3.87. The Morgan fingerprint density at radius 1 is 1.23 bits per heavy atom. The maximum Gasteiger partial charge on any atom is 0.241 e. The molecule has 7 heteroatoms. The first kappa shape index (κ1) is 23.1. The summed E-state index contributed by atoms with van der Waals surface area (Å²) in [4.78, 5) is 15.1. The SMILES string of the molecule is Cc1cccc(N(CC(=O)N[C@@H](C)c2ccc(N3CCC[C@@H](C)C3)cc2)S(C)(=O)=O)c1. The Balaban J connectivity index is 1.65. The third-order valence-corrected chi connectivity index (χ3v) is 6.91. The van der Waals surface area contributed by atoms with E-state index in [1.807, 2.05) is 32.0 Å². The monoisotopic (exact) mass is 443 g/mol. The lowest BCUT2D eigenvalue weighted by Crippen LogP contribution is -2.41. The Labute approximate surface area is 186 Å². The maximum absolute atomic E-state index is 12.7. The Morgan fingerprint density at radius 3 is 2.55 bits per heavy atom. The Kier molecular flexibility index (Phi) is 7.26. The molecule has 3 rings (SSSR count). The van der Waals surface area contributed by atoms with Gasteiger partial charge in [-0.05, 0) is 68.0 Å². The highest BCUT2D eigenvalue weighted by atomic mass is 32.2. The summed E-state index contributed by atoms with van der Waals surface area (Å²) in [5.74, 6) is 0.367. The summed E-state index contributed by atoms with van der Waals surface area (Å²) in [6.07, 6.45) is 3.62. The van der Waals surface area contributed by atoms with Crippen LogP contribution in [0.3, 0.4) is 0 Å². The van der Waals surface area contributed by atoms with Crippen molar-refractivity contribution in [2.75, 3.05) is 35.1 Å². The molecule has 31 heavy (non-hydrogen) atoms. The lowest BCUT2D eigenvalue weighted by molar-refractivity contribution is -0.120. The molecule has 1 aliphatic heterocycles. The zero-order chi connectivity index (χ0) is 22.6. The first-order valence-corrected chi connectivity index (χ1v) is 12.7. The topological polar surface area (TPSA) is 69.7 Å². The lowest BCUT2D eigenvalue weighted by atomic mass is 9.99. The summed E-state index contributed by atoms with van der Waals surface area (Å²) in [6, 6.07) is 15.2. The van der Waals surface area contributed by atoms with Crippen LogP contribution in [-0.4, -0.2) is 40.2 Å². The number of piperidine rings is 1. The quantitative estimate of drug-likeness (QED) is 0.705. The fraction of sp³-hybridized carbons (Fsp3) is 0.458. The highest BCUT2D eigenvalue weighted by Gasteiger charge is 2.22. The van der Waals surface area contributed by atoms with Gasteiger partial charge in [0.25, 0.3) is 0 Å². The molecule has 0 saturated carbocycles. The van der Waals surface area contributed by atoms with Gasteiger partial charge in [-0.1, -0.05) is 31.2 Å². The molecule has 168 valence electrons. The van der Waals surface area contributed by atoms with Gasteiger partial charge in [-0.2, -0.15) is 0 Å². The minimum Gasteiger partial charge on any atom is -0.371 e. The number of carbonyl (C=O) groups is 1. The van der Waals surface area contributed by atoms with Crippen LogP contribution in [0.1, 0.15) is 43.9 Å². The van der Waals surface area contributed by atoms with Gasteiger partial charge in [0.15, 0.2) is 0 Å².